The number of carbonyl (C=O) groups excluding carboxylic acids is 3. The summed E-state index contributed by atoms with van der Waals surface area (Å²) in [5, 5.41) is 14.0. The molecule has 1 atom stereocenters. The lowest BCUT2D eigenvalue weighted by Gasteiger charge is -2.38. The molecule has 4 rings (SSSR count). The maximum absolute atomic E-state index is 14.3. The van der Waals surface area contributed by atoms with E-state index >= 15 is 0 Å². The quantitative estimate of drug-likeness (QED) is 0.223. The van der Waals surface area contributed by atoms with Crippen LogP contribution in [0.2, 0.25) is 0 Å². The monoisotopic (exact) mass is 692 g/mol. The SMILES string of the molecule is Cc1cc(C(=O)N2CCC(O)CC2)cc(C)c1/C=C/[S@+]([O-])N1CCC(NC(=O)c2ccc(F)c(OCCCC(C)(F)F)c2)(C(N)=O)CC1. The third-order valence-corrected chi connectivity index (χ3v) is 10.1. The first-order valence-corrected chi connectivity index (χ1v) is 17.1. The molecule has 2 aromatic rings. The van der Waals surface area contributed by atoms with Gasteiger partial charge in [-0.05, 0) is 106 Å². The zero-order chi connectivity index (χ0) is 35.2. The van der Waals surface area contributed by atoms with Gasteiger partial charge in [-0.25, -0.2) is 13.2 Å². The fraction of sp³-hybridized carbons (Fsp3) is 0.500. The number of aliphatic hydroxyl groups excluding tert-OH is 1. The van der Waals surface area contributed by atoms with Crippen molar-refractivity contribution in [1.29, 1.82) is 0 Å². The molecular formula is C34H43F3N4O6S. The Labute approximate surface area is 281 Å². The number of carbonyl (C=O) groups is 3. The number of nitrogens with zero attached hydrogens (tertiary/aromatic N) is 2. The number of piperidine rings is 2. The highest BCUT2D eigenvalue weighted by molar-refractivity contribution is 7.92. The van der Waals surface area contributed by atoms with Crippen LogP contribution in [-0.4, -0.2) is 86.9 Å². The molecule has 0 bridgehead atoms. The van der Waals surface area contributed by atoms with Gasteiger partial charge in [-0.3, -0.25) is 14.4 Å². The van der Waals surface area contributed by atoms with E-state index < -0.39 is 46.9 Å². The van der Waals surface area contributed by atoms with Crippen molar-refractivity contribution in [3.05, 3.63) is 69.4 Å². The number of benzene rings is 2. The van der Waals surface area contributed by atoms with Crippen molar-refractivity contribution in [3.63, 3.8) is 0 Å². The second kappa shape index (κ2) is 15.7. The summed E-state index contributed by atoms with van der Waals surface area (Å²) in [5.74, 6) is -5.47. The number of likely N-dealkylation sites (tertiary alicyclic amines) is 1. The number of nitrogens with one attached hydrogen (secondary N) is 1. The number of hydrogen-bond donors (Lipinski definition) is 3. The fourth-order valence-electron chi connectivity index (χ4n) is 5.92. The molecule has 262 valence electrons. The maximum atomic E-state index is 14.3. The summed E-state index contributed by atoms with van der Waals surface area (Å²) in [4.78, 5) is 40.5. The zero-order valence-electron chi connectivity index (χ0n) is 27.4. The van der Waals surface area contributed by atoms with Crippen molar-refractivity contribution in [2.24, 2.45) is 5.73 Å². The van der Waals surface area contributed by atoms with Crippen LogP contribution in [0.4, 0.5) is 13.2 Å². The van der Waals surface area contributed by atoms with Crippen LogP contribution in [0.15, 0.2) is 35.7 Å². The third-order valence-electron chi connectivity index (χ3n) is 8.81. The van der Waals surface area contributed by atoms with E-state index in [9.17, 15) is 37.2 Å². The maximum Gasteiger partial charge on any atom is 0.253 e. The number of amides is 3. The summed E-state index contributed by atoms with van der Waals surface area (Å²) in [5.41, 5.74) is 7.36. The molecule has 0 aromatic heterocycles. The summed E-state index contributed by atoms with van der Waals surface area (Å²) in [6.07, 6.45) is 2.17. The van der Waals surface area contributed by atoms with Gasteiger partial charge >= 0.3 is 0 Å². The first-order valence-electron chi connectivity index (χ1n) is 15.9. The van der Waals surface area contributed by atoms with E-state index in [1.54, 1.807) is 32.8 Å². The summed E-state index contributed by atoms with van der Waals surface area (Å²) in [7, 11) is 0. The van der Waals surface area contributed by atoms with Crippen LogP contribution in [0.3, 0.4) is 0 Å². The Kier molecular flexibility index (Phi) is 12.2. The highest BCUT2D eigenvalue weighted by Gasteiger charge is 2.43. The molecule has 0 unspecified atom stereocenters. The molecule has 48 heavy (non-hydrogen) atoms. The van der Waals surface area contributed by atoms with Crippen molar-refractivity contribution < 1.29 is 42.0 Å². The van der Waals surface area contributed by atoms with Crippen molar-refractivity contribution in [1.82, 2.24) is 14.5 Å². The number of hydrogen-bond acceptors (Lipinski definition) is 7. The molecule has 2 aliphatic rings. The van der Waals surface area contributed by atoms with Crippen LogP contribution in [0.5, 0.6) is 5.75 Å². The summed E-state index contributed by atoms with van der Waals surface area (Å²) in [6, 6.07) is 6.98. The minimum Gasteiger partial charge on any atom is -0.593 e. The predicted molar refractivity (Wildman–Crippen MR) is 176 cm³/mol. The van der Waals surface area contributed by atoms with Crippen LogP contribution >= 0.6 is 0 Å². The number of aryl methyl sites for hydroxylation is 2. The van der Waals surface area contributed by atoms with Gasteiger partial charge in [0.2, 0.25) is 11.8 Å². The Morgan fingerprint density at radius 2 is 1.73 bits per heavy atom. The van der Waals surface area contributed by atoms with Crippen molar-refractivity contribution in [2.45, 2.75) is 76.9 Å². The van der Waals surface area contributed by atoms with Gasteiger partial charge in [-0.15, -0.1) is 4.31 Å². The molecule has 2 fully saturated rings. The molecule has 0 radical (unpaired) electrons. The molecule has 0 spiro atoms. The van der Waals surface area contributed by atoms with Gasteiger partial charge in [0.25, 0.3) is 11.8 Å². The molecule has 14 heteroatoms. The minimum atomic E-state index is -2.88. The molecule has 2 aromatic carbocycles. The molecule has 4 N–H and O–H groups in total. The number of aliphatic hydroxyl groups is 1. The van der Waals surface area contributed by atoms with Crippen LogP contribution in [0, 0.1) is 19.7 Å². The van der Waals surface area contributed by atoms with E-state index in [0.29, 0.717) is 31.5 Å². The van der Waals surface area contributed by atoms with Gasteiger partial charge in [-0.2, -0.15) is 0 Å². The molecule has 2 heterocycles. The number of alkyl halides is 2. The van der Waals surface area contributed by atoms with Crippen LogP contribution in [-0.2, 0) is 16.2 Å². The standard InChI is InChI=1S/C34H43F3N4O6S/c1-22-19-25(31(44)40-13-7-26(42)8-14-40)20-23(2)27(22)9-18-48(46)41-15-11-34(12-16-41,32(38)45)39-30(43)24-5-6-28(35)29(21-24)47-17-4-10-33(3,36)37/h5-6,9,18-21,26,42H,4,7-8,10-17H2,1-3H3,(H2,38,45)(H,39,43)/b18-9+/t48-/m0/s1. The van der Waals surface area contributed by atoms with Crippen LogP contribution in [0.1, 0.15) is 82.9 Å². The van der Waals surface area contributed by atoms with Gasteiger partial charge in [0, 0.05) is 43.7 Å². The largest absolute Gasteiger partial charge is 0.593 e. The molecule has 2 saturated heterocycles. The first kappa shape index (κ1) is 37.2. The van der Waals surface area contributed by atoms with Crippen molar-refractivity contribution in [3.8, 4) is 5.75 Å². The Balaban J connectivity index is 1.36. The summed E-state index contributed by atoms with van der Waals surface area (Å²) in [6.45, 7) is 5.72. The van der Waals surface area contributed by atoms with E-state index in [-0.39, 0.29) is 62.3 Å². The van der Waals surface area contributed by atoms with E-state index in [4.69, 9.17) is 10.5 Å². The minimum absolute atomic E-state index is 0.00466. The first-order chi connectivity index (χ1) is 22.6. The smallest absolute Gasteiger partial charge is 0.253 e. The number of halogens is 3. The fourth-order valence-corrected chi connectivity index (χ4v) is 6.88. The van der Waals surface area contributed by atoms with Gasteiger partial charge in [0.05, 0.1) is 24.1 Å². The predicted octanol–water partition coefficient (Wildman–Crippen LogP) is 4.24. The summed E-state index contributed by atoms with van der Waals surface area (Å²) < 4.78 is 60.6. The molecule has 3 amide bonds. The van der Waals surface area contributed by atoms with E-state index in [0.717, 1.165) is 35.7 Å². The van der Waals surface area contributed by atoms with Crippen molar-refractivity contribution >= 4 is 35.2 Å². The number of nitrogens with two attached hydrogens (primary N) is 1. The Morgan fingerprint density at radius 1 is 1.10 bits per heavy atom. The Hall–Kier alpha value is -3.59. The average Bonchev–Trinajstić information content (AvgIpc) is 3.03. The Bertz CT molecular complexity index is 1500. The molecule has 0 saturated carbocycles. The van der Waals surface area contributed by atoms with Crippen LogP contribution in [0.25, 0.3) is 6.08 Å². The second-order valence-electron chi connectivity index (χ2n) is 12.6. The van der Waals surface area contributed by atoms with Gasteiger partial charge in [0.15, 0.2) is 11.6 Å². The van der Waals surface area contributed by atoms with Gasteiger partial charge in [-0.1, -0.05) is 0 Å². The zero-order valence-corrected chi connectivity index (χ0v) is 28.2. The lowest BCUT2D eigenvalue weighted by molar-refractivity contribution is -0.125. The second-order valence-corrected chi connectivity index (χ2v) is 14.0. The summed E-state index contributed by atoms with van der Waals surface area (Å²) >= 11 is -1.57. The highest BCUT2D eigenvalue weighted by Crippen LogP contribution is 2.28. The normalized spacial score (nSPS) is 18.1. The van der Waals surface area contributed by atoms with Gasteiger partial charge < -0.3 is 30.3 Å². The van der Waals surface area contributed by atoms with Gasteiger partial charge in [0.1, 0.15) is 10.9 Å². The highest BCUT2D eigenvalue weighted by atomic mass is 32.2. The molecule has 0 aliphatic carbocycles. The number of primary amides is 1. The van der Waals surface area contributed by atoms with E-state index in [2.05, 4.69) is 5.32 Å². The van der Waals surface area contributed by atoms with Crippen LogP contribution < -0.4 is 15.8 Å². The number of ether oxygens (including phenoxy) is 1. The van der Waals surface area contributed by atoms with Crippen molar-refractivity contribution in [2.75, 3.05) is 32.8 Å². The molecular weight excluding hydrogens is 649 g/mol. The lowest BCUT2D eigenvalue weighted by Crippen LogP contribution is -2.62. The Morgan fingerprint density at radius 3 is 2.31 bits per heavy atom. The van der Waals surface area contributed by atoms with E-state index in [1.807, 2.05) is 13.8 Å². The third kappa shape index (κ3) is 9.52. The topological polar surface area (TPSA) is 148 Å². The molecule has 10 nitrogen and oxygen atoms in total. The number of rotatable bonds is 12. The van der Waals surface area contributed by atoms with E-state index in [1.165, 1.54) is 6.07 Å². The molecule has 2 aliphatic heterocycles. The lowest BCUT2D eigenvalue weighted by atomic mass is 9.87. The average molecular weight is 693 g/mol.